The Morgan fingerprint density at radius 1 is 1.09 bits per heavy atom. The second kappa shape index (κ2) is 6.22. The molecule has 0 spiro atoms. The number of halogens is 1. The Balaban J connectivity index is 1.89. The summed E-state index contributed by atoms with van der Waals surface area (Å²) in [5.74, 6) is -0.209. The zero-order valence-electron chi connectivity index (χ0n) is 12.6. The number of rotatable bonds is 4. The van der Waals surface area contributed by atoms with Crippen molar-refractivity contribution in [1.82, 2.24) is 4.90 Å². The Labute approximate surface area is 132 Å². The van der Waals surface area contributed by atoms with E-state index in [2.05, 4.69) is 0 Å². The van der Waals surface area contributed by atoms with Crippen molar-refractivity contribution in [3.8, 4) is 5.75 Å². The Morgan fingerprint density at radius 2 is 1.83 bits per heavy atom. The van der Waals surface area contributed by atoms with Gasteiger partial charge in [-0.1, -0.05) is 18.2 Å². The third-order valence-corrected chi connectivity index (χ3v) is 3.65. The molecule has 1 aromatic heterocycles. The number of nitrogens with zero attached hydrogens (tertiary/aromatic N) is 1. The van der Waals surface area contributed by atoms with E-state index in [4.69, 9.17) is 4.42 Å². The normalized spacial score (nSPS) is 11.3. The van der Waals surface area contributed by atoms with Crippen molar-refractivity contribution in [2.45, 2.75) is 13.1 Å². The maximum absolute atomic E-state index is 13.7. The summed E-state index contributed by atoms with van der Waals surface area (Å²) >= 11 is 0. The van der Waals surface area contributed by atoms with Crippen LogP contribution in [0.4, 0.5) is 4.39 Å². The minimum atomic E-state index is -0.475. The van der Waals surface area contributed by atoms with Gasteiger partial charge in [0.1, 0.15) is 17.1 Å². The van der Waals surface area contributed by atoms with E-state index in [-0.39, 0.29) is 11.6 Å². The molecule has 0 saturated carbocycles. The Hall–Kier alpha value is -2.66. The first-order valence-corrected chi connectivity index (χ1v) is 7.20. The minimum absolute atomic E-state index is 0.0394. The van der Waals surface area contributed by atoms with E-state index >= 15 is 0 Å². The van der Waals surface area contributed by atoms with Crippen molar-refractivity contribution in [1.29, 1.82) is 0 Å². The van der Waals surface area contributed by atoms with E-state index < -0.39 is 5.63 Å². The molecule has 2 aromatic carbocycles. The van der Waals surface area contributed by atoms with Gasteiger partial charge >= 0.3 is 5.63 Å². The van der Waals surface area contributed by atoms with Crippen LogP contribution in [0.25, 0.3) is 11.0 Å². The highest BCUT2D eigenvalue weighted by molar-refractivity contribution is 5.81. The topological polar surface area (TPSA) is 53.7 Å². The molecule has 1 N–H and O–H groups in total. The van der Waals surface area contributed by atoms with E-state index in [1.165, 1.54) is 18.2 Å². The molecular formula is C18H16FNO3. The number of hydrogen-bond acceptors (Lipinski definition) is 4. The summed E-state index contributed by atoms with van der Waals surface area (Å²) in [5, 5.41) is 10.3. The molecule has 0 bridgehead atoms. The molecule has 4 nitrogen and oxygen atoms in total. The Morgan fingerprint density at radius 3 is 2.61 bits per heavy atom. The Kier molecular flexibility index (Phi) is 4.12. The first-order valence-electron chi connectivity index (χ1n) is 7.20. The van der Waals surface area contributed by atoms with Crippen LogP contribution in [0, 0.1) is 5.82 Å². The number of fused-ring (bicyclic) bond motifs is 1. The van der Waals surface area contributed by atoms with Crippen molar-refractivity contribution < 1.29 is 13.9 Å². The van der Waals surface area contributed by atoms with Crippen molar-refractivity contribution >= 4 is 11.0 Å². The highest BCUT2D eigenvalue weighted by Crippen LogP contribution is 2.23. The molecule has 1 heterocycles. The summed E-state index contributed by atoms with van der Waals surface area (Å²) < 4.78 is 18.8. The molecule has 0 fully saturated rings. The molecule has 0 saturated heterocycles. The van der Waals surface area contributed by atoms with Gasteiger partial charge in [-0.15, -0.1) is 0 Å². The third kappa shape index (κ3) is 3.40. The van der Waals surface area contributed by atoms with Gasteiger partial charge in [0.15, 0.2) is 0 Å². The average Bonchev–Trinajstić information content (AvgIpc) is 2.49. The maximum atomic E-state index is 13.7. The number of phenolic OH excluding ortho intramolecular Hbond substituents is 1. The van der Waals surface area contributed by atoms with Gasteiger partial charge in [0, 0.05) is 36.2 Å². The van der Waals surface area contributed by atoms with E-state index in [1.807, 2.05) is 11.9 Å². The maximum Gasteiger partial charge on any atom is 0.336 e. The fourth-order valence-corrected chi connectivity index (χ4v) is 2.61. The summed E-state index contributed by atoms with van der Waals surface area (Å²) in [6.07, 6.45) is 0. The zero-order valence-corrected chi connectivity index (χ0v) is 12.6. The molecule has 0 amide bonds. The van der Waals surface area contributed by atoms with Crippen molar-refractivity contribution in [3.05, 3.63) is 75.9 Å². The molecule has 118 valence electrons. The van der Waals surface area contributed by atoms with E-state index in [0.29, 0.717) is 24.2 Å². The molecular weight excluding hydrogens is 297 g/mol. The van der Waals surface area contributed by atoms with E-state index in [0.717, 1.165) is 10.9 Å². The van der Waals surface area contributed by atoms with Crippen LogP contribution in [-0.4, -0.2) is 17.1 Å². The largest absolute Gasteiger partial charge is 0.508 e. The van der Waals surface area contributed by atoms with Crippen molar-refractivity contribution in [2.75, 3.05) is 7.05 Å². The molecule has 0 aliphatic carbocycles. The lowest BCUT2D eigenvalue weighted by Gasteiger charge is -2.18. The molecule has 0 aliphatic rings. The van der Waals surface area contributed by atoms with Gasteiger partial charge in [-0.05, 0) is 30.8 Å². The minimum Gasteiger partial charge on any atom is -0.508 e. The highest BCUT2D eigenvalue weighted by atomic mass is 19.1. The third-order valence-electron chi connectivity index (χ3n) is 3.65. The SMILES string of the molecule is CN(Cc1ccccc1F)Cc1cc(=O)oc2cc(O)ccc12. The van der Waals surface area contributed by atoms with Crippen LogP contribution < -0.4 is 5.63 Å². The van der Waals surface area contributed by atoms with Crippen LogP contribution in [0.3, 0.4) is 0 Å². The predicted octanol–water partition coefficient (Wildman–Crippen LogP) is 3.27. The molecule has 5 heteroatoms. The Bertz CT molecular complexity index is 904. The van der Waals surface area contributed by atoms with Crippen LogP contribution in [-0.2, 0) is 13.1 Å². The van der Waals surface area contributed by atoms with Gasteiger partial charge < -0.3 is 9.52 Å². The fraction of sp³-hybridized carbons (Fsp3) is 0.167. The van der Waals surface area contributed by atoms with Gasteiger partial charge in [-0.2, -0.15) is 0 Å². The number of aromatic hydroxyl groups is 1. The average molecular weight is 313 g/mol. The molecule has 0 unspecified atom stereocenters. The lowest BCUT2D eigenvalue weighted by Crippen LogP contribution is -2.19. The van der Waals surface area contributed by atoms with Crippen LogP contribution in [0.15, 0.2) is 57.7 Å². The summed E-state index contributed by atoms with van der Waals surface area (Å²) in [7, 11) is 1.85. The second-order valence-electron chi connectivity index (χ2n) is 5.53. The number of hydrogen-bond donors (Lipinski definition) is 1. The molecule has 0 aliphatic heterocycles. The van der Waals surface area contributed by atoms with Crippen LogP contribution in [0.2, 0.25) is 0 Å². The van der Waals surface area contributed by atoms with E-state index in [9.17, 15) is 14.3 Å². The van der Waals surface area contributed by atoms with Gasteiger partial charge in [-0.25, -0.2) is 9.18 Å². The first-order chi connectivity index (χ1) is 11.0. The molecule has 0 atom stereocenters. The van der Waals surface area contributed by atoms with Crippen LogP contribution in [0.5, 0.6) is 5.75 Å². The summed E-state index contributed by atoms with van der Waals surface area (Å²) in [4.78, 5) is 13.6. The highest BCUT2D eigenvalue weighted by Gasteiger charge is 2.10. The van der Waals surface area contributed by atoms with Crippen LogP contribution in [0.1, 0.15) is 11.1 Å². The predicted molar refractivity (Wildman–Crippen MR) is 85.7 cm³/mol. The fourth-order valence-electron chi connectivity index (χ4n) is 2.61. The molecule has 23 heavy (non-hydrogen) atoms. The van der Waals surface area contributed by atoms with Crippen molar-refractivity contribution in [2.24, 2.45) is 0 Å². The molecule has 0 radical (unpaired) electrons. The monoisotopic (exact) mass is 313 g/mol. The number of benzene rings is 2. The molecule has 3 aromatic rings. The second-order valence-corrected chi connectivity index (χ2v) is 5.53. The van der Waals surface area contributed by atoms with Gasteiger partial charge in [0.2, 0.25) is 0 Å². The smallest absolute Gasteiger partial charge is 0.336 e. The molecule has 3 rings (SSSR count). The number of phenols is 1. The van der Waals surface area contributed by atoms with Crippen molar-refractivity contribution in [3.63, 3.8) is 0 Å². The summed E-state index contributed by atoms with van der Waals surface area (Å²) in [6, 6.07) is 12.7. The van der Waals surface area contributed by atoms with Gasteiger partial charge in [-0.3, -0.25) is 4.90 Å². The van der Waals surface area contributed by atoms with Crippen LogP contribution >= 0.6 is 0 Å². The summed E-state index contributed by atoms with van der Waals surface area (Å²) in [6.45, 7) is 0.883. The lowest BCUT2D eigenvalue weighted by atomic mass is 10.1. The lowest BCUT2D eigenvalue weighted by molar-refractivity contribution is 0.314. The zero-order chi connectivity index (χ0) is 16.4. The first kappa shape index (κ1) is 15.2. The standard InChI is InChI=1S/C18H16FNO3/c1-20(10-12-4-2-3-5-16(12)19)11-13-8-18(22)23-17-9-14(21)6-7-15(13)17/h2-9,21H,10-11H2,1H3. The van der Waals surface area contributed by atoms with Gasteiger partial charge in [0.05, 0.1) is 0 Å². The quantitative estimate of drug-likeness (QED) is 0.751. The van der Waals surface area contributed by atoms with Gasteiger partial charge in [0.25, 0.3) is 0 Å². The summed E-state index contributed by atoms with van der Waals surface area (Å²) in [5.41, 5.74) is 1.24. The van der Waals surface area contributed by atoms with E-state index in [1.54, 1.807) is 30.3 Å².